The van der Waals surface area contributed by atoms with E-state index in [1.165, 1.54) is 121 Å². The highest BCUT2D eigenvalue weighted by atomic mass is 16.5. The van der Waals surface area contributed by atoms with Gasteiger partial charge in [-0.3, -0.25) is 0 Å². The predicted molar refractivity (Wildman–Crippen MR) is 155 cm³/mol. The Hall–Kier alpha value is -6.42. The van der Waals surface area contributed by atoms with Crippen LogP contribution in [0.15, 0.2) is 121 Å². The number of hydrogen-bond acceptors (Lipinski definition) is 10. The van der Waals surface area contributed by atoms with E-state index in [4.69, 9.17) is 18.9 Å². The van der Waals surface area contributed by atoms with E-state index < -0.39 is 23.9 Å². The molecule has 5 aromatic carbocycles. The van der Waals surface area contributed by atoms with Gasteiger partial charge in [0.2, 0.25) is 0 Å². The quantitative estimate of drug-likeness (QED) is 0.164. The fourth-order valence-electron chi connectivity index (χ4n) is 3.75. The van der Waals surface area contributed by atoms with Crippen molar-refractivity contribution in [1.82, 2.24) is 0 Å². The SMILES string of the molecule is O=C(Oc1ccc(C(=O)Oc2ccc(OC(=O)c3ccc(OC(=O)c4ccc(O)cc4)cc3)cc2)cc1)c1ccc(O)cc1. The highest BCUT2D eigenvalue weighted by Gasteiger charge is 2.14. The van der Waals surface area contributed by atoms with Crippen molar-refractivity contribution in [2.45, 2.75) is 0 Å². The molecule has 0 aliphatic rings. The Balaban J connectivity index is 1.11. The molecule has 0 radical (unpaired) electrons. The standard InChI is InChI=1S/C34H22O10/c35-25-9-1-21(2-10-25)31(37)41-27-13-5-23(6-14-27)33(39)43-29-17-19-30(20-18-29)44-34(40)24-7-15-28(16-8-24)42-32(38)22-3-11-26(36)12-4-22/h1-20,35-36H. The van der Waals surface area contributed by atoms with E-state index in [1.807, 2.05) is 0 Å². The second-order valence-electron chi connectivity index (χ2n) is 9.17. The fraction of sp³-hybridized carbons (Fsp3) is 0. The molecule has 0 aromatic heterocycles. The smallest absolute Gasteiger partial charge is 0.343 e. The summed E-state index contributed by atoms with van der Waals surface area (Å²) < 4.78 is 21.3. The second-order valence-corrected chi connectivity index (χ2v) is 9.17. The summed E-state index contributed by atoms with van der Waals surface area (Å²) in [7, 11) is 0. The van der Waals surface area contributed by atoms with Gasteiger partial charge in [0.15, 0.2) is 0 Å². The molecule has 10 heteroatoms. The van der Waals surface area contributed by atoms with Crippen molar-refractivity contribution in [3.8, 4) is 34.5 Å². The minimum absolute atomic E-state index is 0.0254. The summed E-state index contributed by atoms with van der Waals surface area (Å²) in [4.78, 5) is 49.5. The van der Waals surface area contributed by atoms with Crippen molar-refractivity contribution in [2.75, 3.05) is 0 Å². The Bertz CT molecular complexity index is 1660. The predicted octanol–water partition coefficient (Wildman–Crippen LogP) is 5.97. The lowest BCUT2D eigenvalue weighted by atomic mass is 10.2. The van der Waals surface area contributed by atoms with Crippen LogP contribution in [0.1, 0.15) is 41.4 Å². The summed E-state index contributed by atoms with van der Waals surface area (Å²) in [6.07, 6.45) is 0. The topological polar surface area (TPSA) is 146 Å². The van der Waals surface area contributed by atoms with E-state index in [-0.39, 0.29) is 56.8 Å². The number of esters is 4. The van der Waals surface area contributed by atoms with Gasteiger partial charge in [0.05, 0.1) is 22.3 Å². The molecule has 44 heavy (non-hydrogen) atoms. The molecule has 5 rings (SSSR count). The second kappa shape index (κ2) is 13.0. The molecule has 218 valence electrons. The molecule has 0 atom stereocenters. The molecular weight excluding hydrogens is 568 g/mol. The Kier molecular flexibility index (Phi) is 8.62. The molecule has 0 aliphatic heterocycles. The fourth-order valence-corrected chi connectivity index (χ4v) is 3.75. The van der Waals surface area contributed by atoms with Gasteiger partial charge < -0.3 is 29.2 Å². The number of aromatic hydroxyl groups is 2. The van der Waals surface area contributed by atoms with E-state index in [0.29, 0.717) is 0 Å². The van der Waals surface area contributed by atoms with Gasteiger partial charge in [0.1, 0.15) is 34.5 Å². The number of benzene rings is 5. The Labute approximate surface area is 250 Å². The monoisotopic (exact) mass is 590 g/mol. The van der Waals surface area contributed by atoms with Crippen LogP contribution in [-0.4, -0.2) is 34.1 Å². The van der Waals surface area contributed by atoms with Crippen molar-refractivity contribution in [3.05, 3.63) is 144 Å². The van der Waals surface area contributed by atoms with Crippen LogP contribution >= 0.6 is 0 Å². The summed E-state index contributed by atoms with van der Waals surface area (Å²) in [5.41, 5.74) is 0.928. The van der Waals surface area contributed by atoms with Crippen LogP contribution in [0.5, 0.6) is 34.5 Å². The highest BCUT2D eigenvalue weighted by molar-refractivity contribution is 5.94. The molecule has 0 amide bonds. The minimum Gasteiger partial charge on any atom is -0.508 e. The zero-order chi connectivity index (χ0) is 31.1. The maximum absolute atomic E-state index is 12.6. The molecule has 10 nitrogen and oxygen atoms in total. The molecule has 2 N–H and O–H groups in total. The third kappa shape index (κ3) is 7.45. The first-order chi connectivity index (χ1) is 21.2. The number of ether oxygens (including phenoxy) is 4. The van der Waals surface area contributed by atoms with Crippen molar-refractivity contribution >= 4 is 23.9 Å². The molecule has 0 unspecified atom stereocenters. The van der Waals surface area contributed by atoms with Crippen LogP contribution in [0.4, 0.5) is 0 Å². The van der Waals surface area contributed by atoms with E-state index in [1.54, 1.807) is 0 Å². The third-order valence-electron chi connectivity index (χ3n) is 6.05. The van der Waals surface area contributed by atoms with Gasteiger partial charge in [-0.25, -0.2) is 19.2 Å². The van der Waals surface area contributed by atoms with E-state index >= 15 is 0 Å². The molecule has 0 bridgehead atoms. The normalized spacial score (nSPS) is 10.4. The van der Waals surface area contributed by atoms with Gasteiger partial charge in [-0.05, 0) is 121 Å². The number of carbonyl (C=O) groups is 4. The Morgan fingerprint density at radius 1 is 0.318 bits per heavy atom. The largest absolute Gasteiger partial charge is 0.508 e. The van der Waals surface area contributed by atoms with Crippen molar-refractivity contribution in [3.63, 3.8) is 0 Å². The first-order valence-electron chi connectivity index (χ1n) is 13.0. The summed E-state index contributed by atoms with van der Waals surface area (Å²) >= 11 is 0. The molecule has 0 spiro atoms. The van der Waals surface area contributed by atoms with Crippen LogP contribution in [-0.2, 0) is 0 Å². The van der Waals surface area contributed by atoms with Gasteiger partial charge in [0.25, 0.3) is 0 Å². The summed E-state index contributed by atoms with van der Waals surface area (Å²) in [6, 6.07) is 28.6. The minimum atomic E-state index is -0.655. The van der Waals surface area contributed by atoms with Crippen LogP contribution in [0.2, 0.25) is 0 Å². The van der Waals surface area contributed by atoms with E-state index in [2.05, 4.69) is 0 Å². The van der Waals surface area contributed by atoms with Crippen molar-refractivity contribution in [2.24, 2.45) is 0 Å². The zero-order valence-electron chi connectivity index (χ0n) is 22.7. The number of hydrogen-bond donors (Lipinski definition) is 2. The molecule has 0 aliphatic carbocycles. The van der Waals surface area contributed by atoms with E-state index in [0.717, 1.165) is 0 Å². The van der Waals surface area contributed by atoms with Crippen LogP contribution in [0.25, 0.3) is 0 Å². The first kappa shape index (κ1) is 29.1. The number of phenols is 2. The number of carbonyl (C=O) groups excluding carboxylic acids is 4. The number of rotatable bonds is 8. The highest BCUT2D eigenvalue weighted by Crippen LogP contribution is 2.22. The first-order valence-corrected chi connectivity index (χ1v) is 13.0. The molecular formula is C34H22O10. The summed E-state index contributed by atoms with van der Waals surface area (Å²) in [5, 5.41) is 18.7. The van der Waals surface area contributed by atoms with Gasteiger partial charge in [-0.15, -0.1) is 0 Å². The zero-order valence-corrected chi connectivity index (χ0v) is 22.7. The molecule has 0 saturated heterocycles. The number of phenolic OH excluding ortho intramolecular Hbond substituents is 2. The average molecular weight is 591 g/mol. The molecule has 5 aromatic rings. The Morgan fingerprint density at radius 2 is 0.500 bits per heavy atom. The van der Waals surface area contributed by atoms with Crippen molar-refractivity contribution < 1.29 is 48.3 Å². The lowest BCUT2D eigenvalue weighted by Gasteiger charge is -2.08. The van der Waals surface area contributed by atoms with Crippen LogP contribution in [0, 0.1) is 0 Å². The van der Waals surface area contributed by atoms with Gasteiger partial charge in [-0.1, -0.05) is 0 Å². The molecule has 0 heterocycles. The van der Waals surface area contributed by atoms with Gasteiger partial charge in [-0.2, -0.15) is 0 Å². The van der Waals surface area contributed by atoms with Crippen LogP contribution < -0.4 is 18.9 Å². The van der Waals surface area contributed by atoms with Gasteiger partial charge in [0, 0.05) is 0 Å². The average Bonchev–Trinajstić information content (AvgIpc) is 3.03. The molecule has 0 saturated carbocycles. The maximum atomic E-state index is 12.6. The molecule has 0 fully saturated rings. The third-order valence-corrected chi connectivity index (χ3v) is 6.05. The summed E-state index contributed by atoms with van der Waals surface area (Å²) in [5.74, 6) is -1.65. The lowest BCUT2D eigenvalue weighted by Crippen LogP contribution is -2.11. The van der Waals surface area contributed by atoms with E-state index in [9.17, 15) is 29.4 Å². The maximum Gasteiger partial charge on any atom is 0.343 e. The van der Waals surface area contributed by atoms with Crippen LogP contribution in [0.3, 0.4) is 0 Å². The Morgan fingerprint density at radius 3 is 0.727 bits per heavy atom. The van der Waals surface area contributed by atoms with Gasteiger partial charge >= 0.3 is 23.9 Å². The van der Waals surface area contributed by atoms with Crippen molar-refractivity contribution in [1.29, 1.82) is 0 Å². The summed E-state index contributed by atoms with van der Waals surface area (Å²) in [6.45, 7) is 0. The lowest BCUT2D eigenvalue weighted by molar-refractivity contribution is 0.0716.